The van der Waals surface area contributed by atoms with Crippen molar-refractivity contribution >= 4 is 45.1 Å². The summed E-state index contributed by atoms with van der Waals surface area (Å²) in [6.45, 7) is 2.46. The minimum atomic E-state index is -0.181. The SMILES string of the molecule is CCNC(=O)N(C)c1nsc2cccc(Cl)c12. The van der Waals surface area contributed by atoms with Crippen LogP contribution in [0.2, 0.25) is 5.02 Å². The largest absolute Gasteiger partial charge is 0.338 e. The molecule has 0 spiro atoms. The van der Waals surface area contributed by atoms with Gasteiger partial charge in [0.25, 0.3) is 0 Å². The van der Waals surface area contributed by atoms with E-state index in [1.165, 1.54) is 16.4 Å². The summed E-state index contributed by atoms with van der Waals surface area (Å²) in [5.41, 5.74) is 0. The van der Waals surface area contributed by atoms with Crippen molar-refractivity contribution < 1.29 is 4.79 Å². The van der Waals surface area contributed by atoms with Crippen molar-refractivity contribution in [2.24, 2.45) is 0 Å². The summed E-state index contributed by atoms with van der Waals surface area (Å²) in [4.78, 5) is 13.2. The van der Waals surface area contributed by atoms with Crippen molar-refractivity contribution in [2.75, 3.05) is 18.5 Å². The zero-order valence-electron chi connectivity index (χ0n) is 9.53. The number of hydrogen-bond acceptors (Lipinski definition) is 3. The number of anilines is 1. The summed E-state index contributed by atoms with van der Waals surface area (Å²) in [6.07, 6.45) is 0. The molecule has 0 aliphatic carbocycles. The number of aromatic nitrogens is 1. The predicted octanol–water partition coefficient (Wildman–Crippen LogP) is 3.12. The molecule has 17 heavy (non-hydrogen) atoms. The predicted molar refractivity (Wildman–Crippen MR) is 72.1 cm³/mol. The van der Waals surface area contributed by atoms with Crippen molar-refractivity contribution in [2.45, 2.75) is 6.92 Å². The van der Waals surface area contributed by atoms with E-state index in [-0.39, 0.29) is 6.03 Å². The second-order valence-corrected chi connectivity index (χ2v) is 4.73. The second-order valence-electron chi connectivity index (χ2n) is 3.51. The molecule has 6 heteroatoms. The average molecular weight is 270 g/mol. The Morgan fingerprint density at radius 2 is 2.35 bits per heavy atom. The fraction of sp³-hybridized carbons (Fsp3) is 0.273. The van der Waals surface area contributed by atoms with Gasteiger partial charge in [-0.25, -0.2) is 4.79 Å². The molecule has 2 amide bonds. The third kappa shape index (κ3) is 2.21. The van der Waals surface area contributed by atoms with Gasteiger partial charge < -0.3 is 5.32 Å². The summed E-state index contributed by atoms with van der Waals surface area (Å²) in [5.74, 6) is 0.599. The van der Waals surface area contributed by atoms with Gasteiger partial charge in [-0.2, -0.15) is 4.37 Å². The van der Waals surface area contributed by atoms with Crippen molar-refractivity contribution in [1.29, 1.82) is 0 Å². The zero-order valence-corrected chi connectivity index (χ0v) is 11.1. The minimum absolute atomic E-state index is 0.181. The van der Waals surface area contributed by atoms with E-state index < -0.39 is 0 Å². The number of halogens is 1. The van der Waals surface area contributed by atoms with Crippen molar-refractivity contribution in [3.05, 3.63) is 23.2 Å². The molecule has 0 saturated carbocycles. The number of benzene rings is 1. The molecular weight excluding hydrogens is 258 g/mol. The van der Waals surface area contributed by atoms with Gasteiger partial charge in [0.15, 0.2) is 5.82 Å². The van der Waals surface area contributed by atoms with Crippen LogP contribution in [-0.2, 0) is 0 Å². The standard InChI is InChI=1S/C11H12ClN3OS/c1-3-13-11(16)15(2)10-9-7(12)5-4-6-8(9)17-14-10/h4-6H,3H2,1-2H3,(H,13,16). The lowest BCUT2D eigenvalue weighted by Gasteiger charge is -2.15. The van der Waals surface area contributed by atoms with E-state index >= 15 is 0 Å². The number of carbonyl (C=O) groups is 1. The van der Waals surface area contributed by atoms with E-state index in [2.05, 4.69) is 9.69 Å². The highest BCUT2D eigenvalue weighted by molar-refractivity contribution is 7.13. The summed E-state index contributed by atoms with van der Waals surface area (Å²) >= 11 is 7.47. The Hall–Kier alpha value is -1.33. The lowest BCUT2D eigenvalue weighted by atomic mass is 10.2. The van der Waals surface area contributed by atoms with Crippen LogP contribution in [0.3, 0.4) is 0 Å². The Bertz CT molecular complexity index is 555. The van der Waals surface area contributed by atoms with Gasteiger partial charge in [0.1, 0.15) is 0 Å². The van der Waals surface area contributed by atoms with Crippen molar-refractivity contribution in [3.63, 3.8) is 0 Å². The fourth-order valence-electron chi connectivity index (χ4n) is 1.53. The van der Waals surface area contributed by atoms with Gasteiger partial charge in [-0.3, -0.25) is 4.90 Å². The summed E-state index contributed by atoms with van der Waals surface area (Å²) in [6, 6.07) is 5.43. The van der Waals surface area contributed by atoms with E-state index in [1.54, 1.807) is 13.1 Å². The van der Waals surface area contributed by atoms with Gasteiger partial charge >= 0.3 is 6.03 Å². The van der Waals surface area contributed by atoms with Gasteiger partial charge in [0.05, 0.1) is 15.1 Å². The highest BCUT2D eigenvalue weighted by Gasteiger charge is 2.17. The first-order chi connectivity index (χ1) is 8.15. The smallest absolute Gasteiger partial charge is 0.322 e. The quantitative estimate of drug-likeness (QED) is 0.910. The lowest BCUT2D eigenvalue weighted by molar-refractivity contribution is 0.248. The van der Waals surface area contributed by atoms with Crippen LogP contribution >= 0.6 is 23.1 Å². The minimum Gasteiger partial charge on any atom is -0.338 e. The monoisotopic (exact) mass is 269 g/mol. The number of hydrogen-bond donors (Lipinski definition) is 1. The molecule has 0 unspecified atom stereocenters. The molecule has 4 nitrogen and oxygen atoms in total. The average Bonchev–Trinajstić information content (AvgIpc) is 2.73. The third-order valence-electron chi connectivity index (χ3n) is 2.38. The second kappa shape index (κ2) is 4.89. The summed E-state index contributed by atoms with van der Waals surface area (Å²) in [5, 5.41) is 4.17. The van der Waals surface area contributed by atoms with Gasteiger partial charge in [-0.15, -0.1) is 0 Å². The molecule has 90 valence electrons. The van der Waals surface area contributed by atoms with E-state index in [0.29, 0.717) is 17.4 Å². The first-order valence-electron chi connectivity index (χ1n) is 5.20. The zero-order chi connectivity index (χ0) is 12.4. The molecule has 1 N–H and O–H groups in total. The van der Waals surface area contributed by atoms with Crippen LogP contribution < -0.4 is 10.2 Å². The molecule has 0 aliphatic rings. The summed E-state index contributed by atoms with van der Waals surface area (Å²) < 4.78 is 5.26. The fourth-order valence-corrected chi connectivity index (χ4v) is 2.68. The summed E-state index contributed by atoms with van der Waals surface area (Å²) in [7, 11) is 1.68. The first kappa shape index (κ1) is 12.1. The molecule has 0 saturated heterocycles. The number of fused-ring (bicyclic) bond motifs is 1. The molecule has 0 atom stereocenters. The normalized spacial score (nSPS) is 10.5. The van der Waals surface area contributed by atoms with Crippen LogP contribution in [0.1, 0.15) is 6.92 Å². The van der Waals surface area contributed by atoms with Crippen molar-refractivity contribution in [3.8, 4) is 0 Å². The molecule has 2 aromatic rings. The number of nitrogens with one attached hydrogen (secondary N) is 1. The van der Waals surface area contributed by atoms with Gasteiger partial charge in [0.2, 0.25) is 0 Å². The van der Waals surface area contributed by atoms with E-state index in [4.69, 9.17) is 11.6 Å². The van der Waals surface area contributed by atoms with E-state index in [0.717, 1.165) is 10.1 Å². The van der Waals surface area contributed by atoms with Crippen LogP contribution in [0, 0.1) is 0 Å². The molecule has 2 rings (SSSR count). The topological polar surface area (TPSA) is 45.2 Å². The van der Waals surface area contributed by atoms with Gasteiger partial charge in [0, 0.05) is 13.6 Å². The van der Waals surface area contributed by atoms with Crippen LogP contribution in [0.4, 0.5) is 10.6 Å². The highest BCUT2D eigenvalue weighted by atomic mass is 35.5. The molecule has 0 radical (unpaired) electrons. The Morgan fingerprint density at radius 3 is 3.06 bits per heavy atom. The highest BCUT2D eigenvalue weighted by Crippen LogP contribution is 2.34. The lowest BCUT2D eigenvalue weighted by Crippen LogP contribution is -2.37. The number of urea groups is 1. The van der Waals surface area contributed by atoms with Crippen LogP contribution in [0.5, 0.6) is 0 Å². The maximum absolute atomic E-state index is 11.7. The molecule has 1 aromatic carbocycles. The Morgan fingerprint density at radius 1 is 1.59 bits per heavy atom. The molecule has 0 bridgehead atoms. The number of nitrogens with zero attached hydrogens (tertiary/aromatic N) is 2. The molecule has 0 fully saturated rings. The third-order valence-corrected chi connectivity index (χ3v) is 3.50. The van der Waals surface area contributed by atoms with Crippen LogP contribution in [0.25, 0.3) is 10.1 Å². The maximum atomic E-state index is 11.7. The molecular formula is C11H12ClN3OS. The number of amides is 2. The van der Waals surface area contributed by atoms with Gasteiger partial charge in [-0.05, 0) is 30.6 Å². The van der Waals surface area contributed by atoms with E-state index in [1.807, 2.05) is 19.1 Å². The van der Waals surface area contributed by atoms with Crippen LogP contribution in [0.15, 0.2) is 18.2 Å². The molecule has 1 aromatic heterocycles. The molecule has 1 heterocycles. The first-order valence-corrected chi connectivity index (χ1v) is 6.35. The van der Waals surface area contributed by atoms with Gasteiger partial charge in [-0.1, -0.05) is 17.7 Å². The van der Waals surface area contributed by atoms with Crippen LogP contribution in [-0.4, -0.2) is 24.0 Å². The molecule has 0 aliphatic heterocycles. The number of carbonyl (C=O) groups excluding carboxylic acids is 1. The van der Waals surface area contributed by atoms with E-state index in [9.17, 15) is 4.79 Å². The van der Waals surface area contributed by atoms with Crippen molar-refractivity contribution in [1.82, 2.24) is 9.69 Å². The Labute approximate surface area is 108 Å². The number of rotatable bonds is 2. The Balaban J connectivity index is 2.45. The Kier molecular flexibility index (Phi) is 3.49. The maximum Gasteiger partial charge on any atom is 0.322 e.